The first-order valence-electron chi connectivity index (χ1n) is 7.66. The number of aliphatic hydroxyl groups is 1. The number of hydrogen-bond acceptors (Lipinski definition) is 3. The highest BCUT2D eigenvalue weighted by atomic mass is 16.3. The minimum atomic E-state index is -0.536. The number of aromatic nitrogens is 1. The number of aryl methyl sites for hydroxylation is 1. The van der Waals surface area contributed by atoms with Crippen LogP contribution in [-0.2, 0) is 6.42 Å². The van der Waals surface area contributed by atoms with Gasteiger partial charge in [0.25, 0.3) is 0 Å². The average molecular weight is 258 g/mol. The Labute approximate surface area is 114 Å². The van der Waals surface area contributed by atoms with E-state index >= 15 is 0 Å². The van der Waals surface area contributed by atoms with Crippen LogP contribution in [0.5, 0.6) is 0 Å². The molecule has 1 saturated carbocycles. The molecule has 1 aromatic rings. The van der Waals surface area contributed by atoms with Crippen LogP contribution < -0.4 is 0 Å². The lowest BCUT2D eigenvalue weighted by Crippen LogP contribution is -2.41. The minimum absolute atomic E-state index is 0.251. The summed E-state index contributed by atoms with van der Waals surface area (Å²) >= 11 is 0. The zero-order valence-electron chi connectivity index (χ0n) is 11.4. The fourth-order valence-electron chi connectivity index (χ4n) is 4.02. The Morgan fingerprint density at radius 3 is 3.05 bits per heavy atom. The van der Waals surface area contributed by atoms with Crippen molar-refractivity contribution < 1.29 is 5.11 Å². The summed E-state index contributed by atoms with van der Waals surface area (Å²) in [5.41, 5.74) is 2.00. The first kappa shape index (κ1) is 11.9. The summed E-state index contributed by atoms with van der Waals surface area (Å²) in [4.78, 5) is 7.09. The van der Waals surface area contributed by atoms with Crippen molar-refractivity contribution in [2.75, 3.05) is 13.1 Å². The SMILES string of the molecule is OC1(C2CCCc3cccnc32)CCN(C2CC2)C1. The highest BCUT2D eigenvalue weighted by Gasteiger charge is 2.48. The van der Waals surface area contributed by atoms with Gasteiger partial charge in [-0.25, -0.2) is 0 Å². The molecule has 102 valence electrons. The van der Waals surface area contributed by atoms with Gasteiger partial charge in [-0.2, -0.15) is 0 Å². The van der Waals surface area contributed by atoms with Gasteiger partial charge in [-0.15, -0.1) is 0 Å². The lowest BCUT2D eigenvalue weighted by molar-refractivity contribution is 0.0134. The maximum Gasteiger partial charge on any atom is 0.0869 e. The molecule has 1 aromatic heterocycles. The second-order valence-corrected chi connectivity index (χ2v) is 6.55. The fraction of sp³-hybridized carbons (Fsp3) is 0.688. The Bertz CT molecular complexity index is 485. The summed E-state index contributed by atoms with van der Waals surface area (Å²) in [5, 5.41) is 11.1. The van der Waals surface area contributed by atoms with Gasteiger partial charge >= 0.3 is 0 Å². The molecule has 0 amide bonds. The molecule has 3 aliphatic rings. The largest absolute Gasteiger partial charge is 0.388 e. The van der Waals surface area contributed by atoms with Gasteiger partial charge in [-0.05, 0) is 50.2 Å². The van der Waals surface area contributed by atoms with E-state index in [4.69, 9.17) is 0 Å². The van der Waals surface area contributed by atoms with Crippen LogP contribution >= 0.6 is 0 Å². The van der Waals surface area contributed by atoms with Crippen LogP contribution in [-0.4, -0.2) is 39.7 Å². The van der Waals surface area contributed by atoms with Crippen molar-refractivity contribution in [1.82, 2.24) is 9.88 Å². The van der Waals surface area contributed by atoms with E-state index in [-0.39, 0.29) is 5.92 Å². The third-order valence-corrected chi connectivity index (χ3v) is 5.22. The quantitative estimate of drug-likeness (QED) is 0.882. The van der Waals surface area contributed by atoms with E-state index in [2.05, 4.69) is 16.0 Å². The molecule has 1 aliphatic heterocycles. The van der Waals surface area contributed by atoms with Crippen LogP contribution in [0.2, 0.25) is 0 Å². The van der Waals surface area contributed by atoms with Crippen LogP contribution in [0.4, 0.5) is 0 Å². The predicted octanol–water partition coefficient (Wildman–Crippen LogP) is 2.10. The standard InChI is InChI=1S/C16H22N2O/c19-16(8-10-18(11-16)13-6-7-13)14-5-1-3-12-4-2-9-17-15(12)14/h2,4,9,13-14,19H,1,3,5-8,10-11H2. The van der Waals surface area contributed by atoms with E-state index < -0.39 is 5.60 Å². The number of rotatable bonds is 2. The van der Waals surface area contributed by atoms with Crippen molar-refractivity contribution in [1.29, 1.82) is 0 Å². The molecular formula is C16H22N2O. The van der Waals surface area contributed by atoms with Crippen LogP contribution in [0.25, 0.3) is 0 Å². The van der Waals surface area contributed by atoms with Crippen LogP contribution in [0, 0.1) is 0 Å². The lowest BCUT2D eigenvalue weighted by atomic mass is 9.75. The first-order chi connectivity index (χ1) is 9.26. The Morgan fingerprint density at radius 1 is 1.32 bits per heavy atom. The van der Waals surface area contributed by atoms with Crippen molar-refractivity contribution in [3.05, 3.63) is 29.6 Å². The van der Waals surface area contributed by atoms with Crippen LogP contribution in [0.1, 0.15) is 49.3 Å². The Balaban J connectivity index is 1.62. The highest BCUT2D eigenvalue weighted by Crippen LogP contribution is 2.44. The summed E-state index contributed by atoms with van der Waals surface area (Å²) in [5.74, 6) is 0.251. The zero-order valence-corrected chi connectivity index (χ0v) is 11.4. The lowest BCUT2D eigenvalue weighted by Gasteiger charge is -2.36. The Kier molecular flexibility index (Phi) is 2.68. The number of β-amino-alcohol motifs (C(OH)–C–C–N with tert-alkyl or cyclic N) is 1. The molecule has 3 nitrogen and oxygen atoms in total. The van der Waals surface area contributed by atoms with Crippen molar-refractivity contribution in [3.8, 4) is 0 Å². The van der Waals surface area contributed by atoms with Gasteiger partial charge in [0.05, 0.1) is 5.60 Å². The maximum atomic E-state index is 11.1. The molecule has 2 fully saturated rings. The normalized spacial score (nSPS) is 35.3. The fourth-order valence-corrected chi connectivity index (χ4v) is 4.02. The highest BCUT2D eigenvalue weighted by molar-refractivity contribution is 5.29. The second kappa shape index (κ2) is 4.29. The predicted molar refractivity (Wildman–Crippen MR) is 74.1 cm³/mol. The monoisotopic (exact) mass is 258 g/mol. The topological polar surface area (TPSA) is 36.4 Å². The maximum absolute atomic E-state index is 11.1. The molecule has 0 aromatic carbocycles. The summed E-state index contributed by atoms with van der Waals surface area (Å²) in [6.45, 7) is 1.93. The summed E-state index contributed by atoms with van der Waals surface area (Å²) in [6.07, 6.45) is 8.87. The number of likely N-dealkylation sites (tertiary alicyclic amines) is 1. The van der Waals surface area contributed by atoms with Crippen molar-refractivity contribution >= 4 is 0 Å². The molecule has 3 heteroatoms. The van der Waals surface area contributed by atoms with Crippen molar-refractivity contribution in [2.24, 2.45) is 0 Å². The van der Waals surface area contributed by atoms with E-state index in [0.717, 1.165) is 38.4 Å². The van der Waals surface area contributed by atoms with Gasteiger partial charge in [0, 0.05) is 36.9 Å². The molecule has 1 saturated heterocycles. The van der Waals surface area contributed by atoms with Crippen LogP contribution in [0.15, 0.2) is 18.3 Å². The molecule has 19 heavy (non-hydrogen) atoms. The van der Waals surface area contributed by atoms with E-state index in [0.29, 0.717) is 0 Å². The number of nitrogens with zero attached hydrogens (tertiary/aromatic N) is 2. The van der Waals surface area contributed by atoms with Gasteiger partial charge in [-0.1, -0.05) is 6.07 Å². The van der Waals surface area contributed by atoms with Crippen LogP contribution in [0.3, 0.4) is 0 Å². The van der Waals surface area contributed by atoms with Gasteiger partial charge < -0.3 is 5.11 Å². The summed E-state index contributed by atoms with van der Waals surface area (Å²) < 4.78 is 0. The number of pyridine rings is 1. The molecule has 0 bridgehead atoms. The van der Waals surface area contributed by atoms with Crippen molar-refractivity contribution in [2.45, 2.75) is 56.1 Å². The molecule has 2 atom stereocenters. The molecule has 2 unspecified atom stereocenters. The molecular weight excluding hydrogens is 236 g/mol. The van der Waals surface area contributed by atoms with Gasteiger partial charge in [0.15, 0.2) is 0 Å². The zero-order chi connectivity index (χ0) is 12.9. The third-order valence-electron chi connectivity index (χ3n) is 5.22. The first-order valence-corrected chi connectivity index (χ1v) is 7.66. The molecule has 2 heterocycles. The summed E-state index contributed by atoms with van der Waals surface area (Å²) in [6, 6.07) is 4.97. The average Bonchev–Trinajstić information content (AvgIpc) is 3.22. The van der Waals surface area contributed by atoms with Gasteiger partial charge in [0.2, 0.25) is 0 Å². The third kappa shape index (κ3) is 2.00. The summed E-state index contributed by atoms with van der Waals surface area (Å²) in [7, 11) is 0. The van der Waals surface area contributed by atoms with E-state index in [9.17, 15) is 5.11 Å². The second-order valence-electron chi connectivity index (χ2n) is 6.55. The van der Waals surface area contributed by atoms with Gasteiger partial charge in [0.1, 0.15) is 0 Å². The molecule has 0 radical (unpaired) electrons. The minimum Gasteiger partial charge on any atom is -0.388 e. The van der Waals surface area contributed by atoms with Gasteiger partial charge in [-0.3, -0.25) is 9.88 Å². The Hall–Kier alpha value is -0.930. The van der Waals surface area contributed by atoms with E-state index in [1.807, 2.05) is 12.3 Å². The molecule has 4 rings (SSSR count). The number of hydrogen-bond donors (Lipinski definition) is 1. The van der Waals surface area contributed by atoms with E-state index in [1.54, 1.807) is 0 Å². The molecule has 1 N–H and O–H groups in total. The number of fused-ring (bicyclic) bond motifs is 1. The van der Waals surface area contributed by atoms with Crippen molar-refractivity contribution in [3.63, 3.8) is 0 Å². The smallest absolute Gasteiger partial charge is 0.0869 e. The molecule has 2 aliphatic carbocycles. The van der Waals surface area contributed by atoms with E-state index in [1.165, 1.54) is 30.5 Å². The molecule has 0 spiro atoms. The Morgan fingerprint density at radius 2 is 2.21 bits per heavy atom.